The third-order valence-electron chi connectivity index (χ3n) is 3.73. The van der Waals surface area contributed by atoms with Gasteiger partial charge in [0.1, 0.15) is 5.78 Å². The average molecular weight is 226 g/mol. The van der Waals surface area contributed by atoms with Gasteiger partial charge in [-0.1, -0.05) is 19.6 Å². The predicted octanol–water partition coefficient (Wildman–Crippen LogP) is 2.85. The van der Waals surface area contributed by atoms with E-state index in [2.05, 4.69) is 19.6 Å². The highest BCUT2D eigenvalue weighted by atomic mass is 28.3. The number of rotatable bonds is 3. The molecule has 0 bridgehead atoms. The first-order chi connectivity index (χ1) is 6.82. The number of ether oxygens (including phenoxy) is 1. The number of ketones is 1. The van der Waals surface area contributed by atoms with Gasteiger partial charge in [-0.2, -0.15) is 0 Å². The Morgan fingerprint density at radius 1 is 1.47 bits per heavy atom. The molecule has 2 nitrogen and oxygen atoms in total. The van der Waals surface area contributed by atoms with Crippen molar-refractivity contribution in [1.29, 1.82) is 0 Å². The molecule has 0 spiro atoms. The van der Waals surface area contributed by atoms with Crippen molar-refractivity contribution >= 4 is 13.9 Å². The van der Waals surface area contributed by atoms with Crippen molar-refractivity contribution in [2.24, 2.45) is 5.92 Å². The lowest BCUT2D eigenvalue weighted by atomic mass is 9.81. The van der Waals surface area contributed by atoms with Crippen LogP contribution in [0.25, 0.3) is 0 Å². The van der Waals surface area contributed by atoms with Crippen LogP contribution in [0.3, 0.4) is 0 Å². The molecule has 1 saturated heterocycles. The van der Waals surface area contributed by atoms with Gasteiger partial charge in [-0.25, -0.2) is 0 Å². The van der Waals surface area contributed by atoms with Crippen molar-refractivity contribution < 1.29 is 9.53 Å². The number of epoxide rings is 1. The van der Waals surface area contributed by atoms with Crippen LogP contribution in [0.4, 0.5) is 0 Å². The lowest BCUT2D eigenvalue weighted by Crippen LogP contribution is -2.34. The number of fused-ring (bicyclic) bond motifs is 1. The van der Waals surface area contributed by atoms with Crippen molar-refractivity contribution in [1.82, 2.24) is 0 Å². The molecule has 2 fully saturated rings. The van der Waals surface area contributed by atoms with E-state index >= 15 is 0 Å². The van der Waals surface area contributed by atoms with Crippen molar-refractivity contribution in [3.63, 3.8) is 0 Å². The Bertz CT molecular complexity index is 282. The molecule has 0 aromatic rings. The van der Waals surface area contributed by atoms with Crippen molar-refractivity contribution in [3.8, 4) is 0 Å². The van der Waals surface area contributed by atoms with Gasteiger partial charge >= 0.3 is 0 Å². The van der Waals surface area contributed by atoms with Crippen LogP contribution < -0.4 is 0 Å². The summed E-state index contributed by atoms with van der Waals surface area (Å²) in [5.41, 5.74) is 0.205. The predicted molar refractivity (Wildman–Crippen MR) is 63.8 cm³/mol. The molecule has 0 radical (unpaired) electrons. The van der Waals surface area contributed by atoms with Gasteiger partial charge in [-0.3, -0.25) is 4.79 Å². The molecule has 0 amide bonds. The summed E-state index contributed by atoms with van der Waals surface area (Å²) in [4.78, 5) is 11.3. The van der Waals surface area contributed by atoms with Crippen LogP contribution in [-0.4, -0.2) is 25.6 Å². The maximum absolute atomic E-state index is 11.3. The Morgan fingerprint density at radius 2 is 2.13 bits per heavy atom. The van der Waals surface area contributed by atoms with Gasteiger partial charge in [0.15, 0.2) is 0 Å². The molecule has 1 heterocycles. The van der Waals surface area contributed by atoms with E-state index in [9.17, 15) is 4.79 Å². The van der Waals surface area contributed by atoms with Gasteiger partial charge < -0.3 is 4.74 Å². The van der Waals surface area contributed by atoms with Crippen LogP contribution >= 0.6 is 0 Å². The zero-order valence-electron chi connectivity index (χ0n) is 10.3. The zero-order chi connectivity index (χ0) is 11.3. The van der Waals surface area contributed by atoms with E-state index in [1.54, 1.807) is 6.92 Å². The lowest BCUT2D eigenvalue weighted by Gasteiger charge is -2.27. The van der Waals surface area contributed by atoms with Gasteiger partial charge in [0.2, 0.25) is 0 Å². The first kappa shape index (κ1) is 11.3. The van der Waals surface area contributed by atoms with Crippen molar-refractivity contribution in [3.05, 3.63) is 0 Å². The Hall–Kier alpha value is -0.153. The van der Waals surface area contributed by atoms with E-state index in [4.69, 9.17) is 4.74 Å². The maximum Gasteiger partial charge on any atom is 0.133 e. The van der Waals surface area contributed by atoms with Crippen LogP contribution in [0.2, 0.25) is 25.7 Å². The number of hydrogen-bond donors (Lipinski definition) is 0. The van der Waals surface area contributed by atoms with E-state index in [0.29, 0.717) is 11.9 Å². The topological polar surface area (TPSA) is 29.6 Å². The summed E-state index contributed by atoms with van der Waals surface area (Å²) in [6, 6.07) is 1.27. The quantitative estimate of drug-likeness (QED) is 0.547. The summed E-state index contributed by atoms with van der Waals surface area (Å²) >= 11 is 0. The molecular formula is C12H22O2Si. The fourth-order valence-corrected chi connectivity index (χ4v) is 5.32. The molecule has 3 unspecified atom stereocenters. The standard InChI is InChI=1S/C12H22O2Si/c1-9(13)10-5-6-12(8-15(2,3)4)11(7-10)14-12/h10-11H,5-8H2,1-4H3. The van der Waals surface area contributed by atoms with Gasteiger partial charge in [-0.05, 0) is 32.2 Å². The van der Waals surface area contributed by atoms with Gasteiger partial charge in [0, 0.05) is 14.0 Å². The Kier molecular flexibility index (Phi) is 2.59. The monoisotopic (exact) mass is 226 g/mol. The summed E-state index contributed by atoms with van der Waals surface area (Å²) < 4.78 is 5.90. The number of carbonyl (C=O) groups excluding carboxylic acids is 1. The second-order valence-corrected chi connectivity index (χ2v) is 12.0. The van der Waals surface area contributed by atoms with Gasteiger partial charge in [0.05, 0.1) is 11.7 Å². The third kappa shape index (κ3) is 2.34. The molecule has 3 atom stereocenters. The second kappa shape index (κ2) is 3.42. The van der Waals surface area contributed by atoms with E-state index in [0.717, 1.165) is 19.3 Å². The first-order valence-electron chi connectivity index (χ1n) is 6.01. The van der Waals surface area contributed by atoms with Gasteiger partial charge in [0.25, 0.3) is 0 Å². The molecule has 0 N–H and O–H groups in total. The number of hydrogen-bond acceptors (Lipinski definition) is 2. The third-order valence-corrected chi connectivity index (χ3v) is 5.38. The molecule has 0 aromatic carbocycles. The molecule has 3 heteroatoms. The average Bonchev–Trinajstić information content (AvgIpc) is 2.72. The van der Waals surface area contributed by atoms with Crippen LogP contribution in [0.1, 0.15) is 26.2 Å². The number of Topliss-reactive ketones (excluding diaryl/α,β-unsaturated/α-hetero) is 1. The summed E-state index contributed by atoms with van der Waals surface area (Å²) in [5.74, 6) is 0.638. The highest BCUT2D eigenvalue weighted by Crippen LogP contribution is 2.53. The van der Waals surface area contributed by atoms with E-state index in [1.807, 2.05) is 0 Å². The normalized spacial score (nSPS) is 39.7. The summed E-state index contributed by atoms with van der Waals surface area (Å²) in [5, 5.41) is 0. The fraction of sp³-hybridized carbons (Fsp3) is 0.917. The summed E-state index contributed by atoms with van der Waals surface area (Å²) in [6.07, 6.45) is 3.56. The fourth-order valence-electron chi connectivity index (χ4n) is 3.04. The van der Waals surface area contributed by atoms with E-state index in [-0.39, 0.29) is 11.5 Å². The minimum absolute atomic E-state index is 0.205. The minimum Gasteiger partial charge on any atom is -0.366 e. The Morgan fingerprint density at radius 3 is 2.60 bits per heavy atom. The highest BCUT2D eigenvalue weighted by Gasteiger charge is 2.60. The Balaban J connectivity index is 1.94. The lowest BCUT2D eigenvalue weighted by molar-refractivity contribution is -0.121. The molecule has 1 aliphatic heterocycles. The smallest absolute Gasteiger partial charge is 0.133 e. The van der Waals surface area contributed by atoms with Crippen molar-refractivity contribution in [2.45, 2.75) is 63.6 Å². The number of carbonyl (C=O) groups is 1. The zero-order valence-corrected chi connectivity index (χ0v) is 11.3. The largest absolute Gasteiger partial charge is 0.366 e. The van der Waals surface area contributed by atoms with Gasteiger partial charge in [-0.15, -0.1) is 0 Å². The molecule has 86 valence electrons. The van der Waals surface area contributed by atoms with Crippen LogP contribution in [0, 0.1) is 5.92 Å². The Labute approximate surface area is 93.4 Å². The highest BCUT2D eigenvalue weighted by molar-refractivity contribution is 6.76. The molecular weight excluding hydrogens is 204 g/mol. The second-order valence-electron chi connectivity index (χ2n) is 6.49. The first-order valence-corrected chi connectivity index (χ1v) is 9.71. The summed E-state index contributed by atoms with van der Waals surface area (Å²) in [6.45, 7) is 8.92. The molecule has 2 rings (SSSR count). The van der Waals surface area contributed by atoms with Crippen molar-refractivity contribution in [2.75, 3.05) is 0 Å². The molecule has 15 heavy (non-hydrogen) atoms. The molecule has 1 aliphatic carbocycles. The SMILES string of the molecule is CC(=O)C1CCC2(C[Si](C)(C)C)OC2C1. The molecule has 2 aliphatic rings. The van der Waals surface area contributed by atoms with Crippen LogP contribution in [0.5, 0.6) is 0 Å². The molecule has 1 saturated carbocycles. The van der Waals surface area contributed by atoms with Crippen LogP contribution in [0.15, 0.2) is 0 Å². The van der Waals surface area contributed by atoms with E-state index < -0.39 is 8.07 Å². The summed E-state index contributed by atoms with van der Waals surface area (Å²) in [7, 11) is -1.03. The minimum atomic E-state index is -1.03. The van der Waals surface area contributed by atoms with Crippen LogP contribution in [-0.2, 0) is 9.53 Å². The van der Waals surface area contributed by atoms with E-state index in [1.165, 1.54) is 6.04 Å². The maximum atomic E-state index is 11.3. The molecule has 0 aromatic heterocycles.